The quantitative estimate of drug-likeness (QED) is 0.795. The van der Waals surface area contributed by atoms with E-state index in [1.807, 2.05) is 30.4 Å². The first kappa shape index (κ1) is 14.5. The fourth-order valence-corrected chi connectivity index (χ4v) is 1.93. The maximum Gasteiger partial charge on any atom is 0.318 e. The molecule has 0 spiro atoms. The molecule has 0 radical (unpaired) electrons. The fraction of sp³-hybridized carbons (Fsp3) is 0.333. The van der Waals surface area contributed by atoms with Crippen molar-refractivity contribution in [3.8, 4) is 0 Å². The molecule has 0 fully saturated rings. The molecule has 0 saturated heterocycles. The Labute approximate surface area is 114 Å². The van der Waals surface area contributed by atoms with Gasteiger partial charge in [-0.3, -0.25) is 10.1 Å². The Bertz CT molecular complexity index is 463. The van der Waals surface area contributed by atoms with Crippen LogP contribution >= 0.6 is 15.9 Å². The van der Waals surface area contributed by atoms with Gasteiger partial charge < -0.3 is 11.1 Å². The molecule has 1 aromatic carbocycles. The van der Waals surface area contributed by atoms with Gasteiger partial charge in [0.15, 0.2) is 0 Å². The molecule has 1 aromatic rings. The van der Waals surface area contributed by atoms with Crippen LogP contribution in [0.5, 0.6) is 0 Å². The smallest absolute Gasteiger partial charge is 0.318 e. The van der Waals surface area contributed by atoms with E-state index in [0.29, 0.717) is 0 Å². The molecule has 18 heavy (non-hydrogen) atoms. The Morgan fingerprint density at radius 1 is 1.44 bits per heavy atom. The number of nitrogens with two attached hydrogens (primary N) is 1. The molecule has 0 aromatic heterocycles. The number of amides is 3. The standard InChI is InChI=1S/C12H16BrN3O2/c1-3-8-6-9(13)4-5-10(8)15-7(2)11(17)16-12(14)18/h4-7,15H,3H2,1-2H3,(H3,14,16,17,18). The lowest BCUT2D eigenvalue weighted by Crippen LogP contribution is -2.43. The fourth-order valence-electron chi connectivity index (χ4n) is 1.52. The van der Waals surface area contributed by atoms with Crippen LogP contribution in [0.1, 0.15) is 19.4 Å². The first-order valence-corrected chi connectivity index (χ1v) is 6.38. The summed E-state index contributed by atoms with van der Waals surface area (Å²) in [6.07, 6.45) is 0.839. The van der Waals surface area contributed by atoms with E-state index in [4.69, 9.17) is 5.73 Å². The van der Waals surface area contributed by atoms with Crippen molar-refractivity contribution in [1.29, 1.82) is 0 Å². The number of hydrogen-bond acceptors (Lipinski definition) is 3. The van der Waals surface area contributed by atoms with Crippen LogP contribution in [-0.4, -0.2) is 18.0 Å². The zero-order valence-corrected chi connectivity index (χ0v) is 11.9. The lowest BCUT2D eigenvalue weighted by Gasteiger charge is -2.16. The predicted octanol–water partition coefficient (Wildman–Crippen LogP) is 2.01. The van der Waals surface area contributed by atoms with Gasteiger partial charge >= 0.3 is 6.03 Å². The third-order valence-corrected chi connectivity index (χ3v) is 2.95. The van der Waals surface area contributed by atoms with Gasteiger partial charge in [0.05, 0.1) is 0 Å². The van der Waals surface area contributed by atoms with Crippen molar-refractivity contribution in [2.45, 2.75) is 26.3 Å². The van der Waals surface area contributed by atoms with E-state index in [-0.39, 0.29) is 0 Å². The number of imide groups is 1. The zero-order valence-electron chi connectivity index (χ0n) is 10.3. The number of carbonyl (C=O) groups is 2. The van der Waals surface area contributed by atoms with Gasteiger partial charge in [0, 0.05) is 10.2 Å². The van der Waals surface area contributed by atoms with Crippen molar-refractivity contribution in [3.05, 3.63) is 28.2 Å². The van der Waals surface area contributed by atoms with Crippen LogP contribution < -0.4 is 16.4 Å². The second-order valence-corrected chi connectivity index (χ2v) is 4.79. The molecular formula is C12H16BrN3O2. The molecule has 0 aliphatic carbocycles. The van der Waals surface area contributed by atoms with Crippen LogP contribution in [0.2, 0.25) is 0 Å². The van der Waals surface area contributed by atoms with Crippen LogP contribution in [0.15, 0.2) is 22.7 Å². The van der Waals surface area contributed by atoms with Gasteiger partial charge in [-0.15, -0.1) is 0 Å². The van der Waals surface area contributed by atoms with E-state index in [2.05, 4.69) is 21.2 Å². The van der Waals surface area contributed by atoms with Gasteiger partial charge in [-0.25, -0.2) is 4.79 Å². The normalized spacial score (nSPS) is 11.7. The summed E-state index contributed by atoms with van der Waals surface area (Å²) in [4.78, 5) is 22.1. The summed E-state index contributed by atoms with van der Waals surface area (Å²) in [6, 6.07) is 4.38. The molecule has 3 amide bonds. The van der Waals surface area contributed by atoms with E-state index in [1.54, 1.807) is 6.92 Å². The Morgan fingerprint density at radius 3 is 2.67 bits per heavy atom. The second kappa shape index (κ2) is 6.39. The maximum atomic E-state index is 11.5. The zero-order chi connectivity index (χ0) is 13.7. The minimum atomic E-state index is -0.847. The van der Waals surface area contributed by atoms with E-state index < -0.39 is 18.0 Å². The first-order chi connectivity index (χ1) is 8.43. The lowest BCUT2D eigenvalue weighted by molar-refractivity contribution is -0.120. The molecule has 0 bridgehead atoms. The number of carbonyl (C=O) groups excluding carboxylic acids is 2. The molecule has 0 aliphatic rings. The van der Waals surface area contributed by atoms with Gasteiger partial charge in [0.1, 0.15) is 6.04 Å². The molecule has 1 atom stereocenters. The highest BCUT2D eigenvalue weighted by atomic mass is 79.9. The van der Waals surface area contributed by atoms with Crippen molar-refractivity contribution in [2.75, 3.05) is 5.32 Å². The van der Waals surface area contributed by atoms with E-state index >= 15 is 0 Å². The van der Waals surface area contributed by atoms with E-state index in [0.717, 1.165) is 22.1 Å². The number of aryl methyl sites for hydroxylation is 1. The summed E-state index contributed by atoms with van der Waals surface area (Å²) in [5, 5.41) is 5.09. The Balaban J connectivity index is 2.78. The average Bonchev–Trinajstić information content (AvgIpc) is 2.30. The van der Waals surface area contributed by atoms with E-state index in [1.165, 1.54) is 0 Å². The molecule has 4 N–H and O–H groups in total. The largest absolute Gasteiger partial charge is 0.374 e. The molecular weight excluding hydrogens is 298 g/mol. The first-order valence-electron chi connectivity index (χ1n) is 5.59. The second-order valence-electron chi connectivity index (χ2n) is 3.87. The number of nitrogens with one attached hydrogen (secondary N) is 2. The molecule has 0 aliphatic heterocycles. The van der Waals surface area contributed by atoms with Gasteiger partial charge in [-0.2, -0.15) is 0 Å². The molecule has 1 rings (SSSR count). The topological polar surface area (TPSA) is 84.2 Å². The van der Waals surface area contributed by atoms with E-state index in [9.17, 15) is 9.59 Å². The molecule has 0 saturated carbocycles. The van der Waals surface area contributed by atoms with Crippen LogP contribution in [0.3, 0.4) is 0 Å². The van der Waals surface area contributed by atoms with Crippen molar-refractivity contribution in [1.82, 2.24) is 5.32 Å². The highest BCUT2D eigenvalue weighted by Crippen LogP contribution is 2.22. The molecule has 1 unspecified atom stereocenters. The van der Waals surface area contributed by atoms with Crippen molar-refractivity contribution in [3.63, 3.8) is 0 Å². The third kappa shape index (κ3) is 4.03. The number of rotatable bonds is 4. The number of anilines is 1. The number of primary amides is 1. The summed E-state index contributed by atoms with van der Waals surface area (Å²) < 4.78 is 0.985. The highest BCUT2D eigenvalue weighted by molar-refractivity contribution is 9.10. The molecule has 98 valence electrons. The van der Waals surface area contributed by atoms with Crippen LogP contribution in [0, 0.1) is 0 Å². The minimum absolute atomic E-state index is 0.451. The highest BCUT2D eigenvalue weighted by Gasteiger charge is 2.15. The number of benzene rings is 1. The number of urea groups is 1. The van der Waals surface area contributed by atoms with Gasteiger partial charge in [-0.05, 0) is 37.1 Å². The number of hydrogen-bond donors (Lipinski definition) is 3. The molecule has 5 nitrogen and oxygen atoms in total. The van der Waals surface area contributed by atoms with Crippen LogP contribution in [-0.2, 0) is 11.2 Å². The van der Waals surface area contributed by atoms with Crippen molar-refractivity contribution >= 4 is 33.6 Å². The van der Waals surface area contributed by atoms with Gasteiger partial charge in [-0.1, -0.05) is 22.9 Å². The summed E-state index contributed by atoms with van der Waals surface area (Å²) >= 11 is 3.40. The average molecular weight is 314 g/mol. The van der Waals surface area contributed by atoms with Crippen molar-refractivity contribution in [2.24, 2.45) is 5.73 Å². The number of halogens is 1. The summed E-state index contributed by atoms with van der Waals surface area (Å²) in [6.45, 7) is 3.70. The van der Waals surface area contributed by atoms with Crippen LogP contribution in [0.25, 0.3) is 0 Å². The summed E-state index contributed by atoms with van der Waals surface area (Å²) in [7, 11) is 0. The van der Waals surface area contributed by atoms with Crippen molar-refractivity contribution < 1.29 is 9.59 Å². The Kier molecular flexibility index (Phi) is 5.15. The Morgan fingerprint density at radius 2 is 2.11 bits per heavy atom. The maximum absolute atomic E-state index is 11.5. The third-order valence-electron chi connectivity index (χ3n) is 2.46. The Hall–Kier alpha value is -1.56. The van der Waals surface area contributed by atoms with Crippen LogP contribution in [0.4, 0.5) is 10.5 Å². The van der Waals surface area contributed by atoms with Gasteiger partial charge in [0.25, 0.3) is 0 Å². The molecule has 6 heteroatoms. The summed E-state index contributed by atoms with van der Waals surface area (Å²) in [5.41, 5.74) is 6.85. The predicted molar refractivity (Wildman–Crippen MR) is 74.3 cm³/mol. The lowest BCUT2D eigenvalue weighted by atomic mass is 10.1. The molecule has 0 heterocycles. The SMILES string of the molecule is CCc1cc(Br)ccc1NC(C)C(=O)NC(N)=O. The minimum Gasteiger partial charge on any atom is -0.374 e. The monoisotopic (exact) mass is 313 g/mol. The van der Waals surface area contributed by atoms with Gasteiger partial charge in [0.2, 0.25) is 5.91 Å². The summed E-state index contributed by atoms with van der Waals surface area (Å²) in [5.74, 6) is -0.451.